The van der Waals surface area contributed by atoms with E-state index in [1.54, 1.807) is 6.33 Å². The van der Waals surface area contributed by atoms with Crippen LogP contribution in [0.2, 0.25) is 0 Å². The molecule has 100 valence electrons. The molecule has 1 atom stereocenters. The summed E-state index contributed by atoms with van der Waals surface area (Å²) in [6, 6.07) is 6.01. The van der Waals surface area contributed by atoms with Crippen LogP contribution >= 0.6 is 0 Å². The highest BCUT2D eigenvalue weighted by Crippen LogP contribution is 2.24. The van der Waals surface area contributed by atoms with Crippen LogP contribution < -0.4 is 10.1 Å². The van der Waals surface area contributed by atoms with Crippen molar-refractivity contribution in [2.75, 3.05) is 13.1 Å². The number of ether oxygens (including phenoxy) is 1. The minimum Gasteiger partial charge on any atom is -0.490 e. The van der Waals surface area contributed by atoms with Gasteiger partial charge in [-0.2, -0.15) is 0 Å². The summed E-state index contributed by atoms with van der Waals surface area (Å²) >= 11 is 0. The molecule has 0 saturated carbocycles. The van der Waals surface area contributed by atoms with Crippen LogP contribution in [0.3, 0.4) is 0 Å². The summed E-state index contributed by atoms with van der Waals surface area (Å²) < 4.78 is 6.07. The van der Waals surface area contributed by atoms with E-state index in [1.807, 2.05) is 24.4 Å². The lowest BCUT2D eigenvalue weighted by atomic mass is 9.93. The molecule has 0 spiro atoms. The predicted molar refractivity (Wildman–Crippen MR) is 75.2 cm³/mol. The second-order valence-corrected chi connectivity index (χ2v) is 5.15. The van der Waals surface area contributed by atoms with Crippen LogP contribution in [0, 0.1) is 5.92 Å². The number of rotatable bonds is 3. The Hall–Kier alpha value is -1.68. The zero-order valence-corrected chi connectivity index (χ0v) is 11.2. The predicted octanol–water partition coefficient (Wildman–Crippen LogP) is 2.40. The van der Waals surface area contributed by atoms with E-state index in [0.717, 1.165) is 29.7 Å². The first kappa shape index (κ1) is 12.4. The Balaban J connectivity index is 1.73. The van der Waals surface area contributed by atoms with Crippen LogP contribution in [0.15, 0.2) is 30.7 Å². The van der Waals surface area contributed by atoms with Crippen molar-refractivity contribution in [3.8, 4) is 5.75 Å². The topological polar surface area (TPSA) is 47.0 Å². The Labute approximate surface area is 113 Å². The van der Waals surface area contributed by atoms with Crippen LogP contribution in [0.25, 0.3) is 10.9 Å². The summed E-state index contributed by atoms with van der Waals surface area (Å²) in [5.41, 5.74) is 0.935. The minimum atomic E-state index is 0.251. The Morgan fingerprint density at radius 1 is 1.32 bits per heavy atom. The van der Waals surface area contributed by atoms with E-state index < -0.39 is 0 Å². The molecular weight excluding hydrogens is 238 g/mol. The average molecular weight is 257 g/mol. The fourth-order valence-corrected chi connectivity index (χ4v) is 2.65. The maximum atomic E-state index is 6.07. The molecule has 1 N–H and O–H groups in total. The molecular formula is C15H19N3O. The van der Waals surface area contributed by atoms with Gasteiger partial charge in [0.05, 0.1) is 11.6 Å². The van der Waals surface area contributed by atoms with Gasteiger partial charge in [-0.05, 0) is 50.9 Å². The third-order valence-electron chi connectivity index (χ3n) is 3.85. The Morgan fingerprint density at radius 2 is 2.16 bits per heavy atom. The van der Waals surface area contributed by atoms with Crippen molar-refractivity contribution >= 4 is 10.9 Å². The highest BCUT2D eigenvalue weighted by atomic mass is 16.5. The van der Waals surface area contributed by atoms with Crippen molar-refractivity contribution in [1.82, 2.24) is 15.3 Å². The van der Waals surface area contributed by atoms with Gasteiger partial charge >= 0.3 is 0 Å². The van der Waals surface area contributed by atoms with E-state index in [1.165, 1.54) is 12.8 Å². The number of hydrogen-bond donors (Lipinski definition) is 1. The normalized spacial score (nSPS) is 18.4. The second kappa shape index (κ2) is 5.53. The summed E-state index contributed by atoms with van der Waals surface area (Å²) in [7, 11) is 0. The largest absolute Gasteiger partial charge is 0.490 e. The molecule has 4 heteroatoms. The molecule has 1 saturated heterocycles. The fraction of sp³-hybridized carbons (Fsp3) is 0.467. The molecule has 3 rings (SSSR count). The summed E-state index contributed by atoms with van der Waals surface area (Å²) in [5.74, 6) is 1.54. The van der Waals surface area contributed by atoms with Gasteiger partial charge in [0.25, 0.3) is 0 Å². The van der Waals surface area contributed by atoms with E-state index in [2.05, 4.69) is 22.2 Å². The Kier molecular flexibility index (Phi) is 3.60. The zero-order valence-electron chi connectivity index (χ0n) is 11.2. The van der Waals surface area contributed by atoms with Gasteiger partial charge in [-0.25, -0.2) is 9.97 Å². The summed E-state index contributed by atoms with van der Waals surface area (Å²) in [6.45, 7) is 4.37. The molecule has 0 amide bonds. The number of piperidine rings is 1. The van der Waals surface area contributed by atoms with Gasteiger partial charge in [-0.15, -0.1) is 0 Å². The molecule has 0 bridgehead atoms. The van der Waals surface area contributed by atoms with Crippen LogP contribution in [0.4, 0.5) is 0 Å². The van der Waals surface area contributed by atoms with Crippen LogP contribution in [0.1, 0.15) is 19.8 Å². The lowest BCUT2D eigenvalue weighted by molar-refractivity contribution is 0.128. The van der Waals surface area contributed by atoms with Gasteiger partial charge in [-0.1, -0.05) is 0 Å². The summed E-state index contributed by atoms with van der Waals surface area (Å²) in [5, 5.41) is 4.43. The first-order chi connectivity index (χ1) is 9.33. The molecule has 1 aromatic heterocycles. The van der Waals surface area contributed by atoms with E-state index in [0.29, 0.717) is 5.92 Å². The van der Waals surface area contributed by atoms with E-state index in [9.17, 15) is 0 Å². The van der Waals surface area contributed by atoms with Gasteiger partial charge in [0.1, 0.15) is 12.1 Å². The van der Waals surface area contributed by atoms with E-state index in [4.69, 9.17) is 4.74 Å². The highest BCUT2D eigenvalue weighted by molar-refractivity contribution is 5.78. The molecule has 0 radical (unpaired) electrons. The molecule has 2 aromatic rings. The van der Waals surface area contributed by atoms with E-state index >= 15 is 0 Å². The third kappa shape index (κ3) is 2.84. The molecule has 1 unspecified atom stereocenters. The Bertz CT molecular complexity index is 552. The van der Waals surface area contributed by atoms with Crippen LogP contribution in [-0.2, 0) is 0 Å². The molecule has 19 heavy (non-hydrogen) atoms. The molecule has 1 aromatic carbocycles. The lowest BCUT2D eigenvalue weighted by Crippen LogP contribution is -2.35. The standard InChI is InChI=1S/C15H19N3O/c1-11(12-4-6-16-7-5-12)19-14-3-2-13-9-17-10-18-15(13)8-14/h2-3,8-12,16H,4-7H2,1H3. The fourth-order valence-electron chi connectivity index (χ4n) is 2.65. The van der Waals surface area contributed by atoms with Crippen molar-refractivity contribution in [2.24, 2.45) is 5.92 Å². The second-order valence-electron chi connectivity index (χ2n) is 5.15. The molecule has 4 nitrogen and oxygen atoms in total. The number of fused-ring (bicyclic) bond motifs is 1. The molecule has 0 aliphatic carbocycles. The number of aromatic nitrogens is 2. The summed E-state index contributed by atoms with van der Waals surface area (Å²) in [6.07, 6.45) is 6.03. The SMILES string of the molecule is CC(Oc1ccc2cncnc2c1)C1CCNCC1. The number of nitrogens with zero attached hydrogens (tertiary/aromatic N) is 2. The highest BCUT2D eigenvalue weighted by Gasteiger charge is 2.21. The maximum absolute atomic E-state index is 6.07. The van der Waals surface area contributed by atoms with E-state index in [-0.39, 0.29) is 6.10 Å². The molecule has 2 heterocycles. The zero-order chi connectivity index (χ0) is 13.1. The minimum absolute atomic E-state index is 0.251. The summed E-state index contributed by atoms with van der Waals surface area (Å²) in [4.78, 5) is 8.28. The van der Waals surface area contributed by atoms with Crippen molar-refractivity contribution in [3.63, 3.8) is 0 Å². The monoisotopic (exact) mass is 257 g/mol. The lowest BCUT2D eigenvalue weighted by Gasteiger charge is -2.28. The van der Waals surface area contributed by atoms with Crippen molar-refractivity contribution < 1.29 is 4.74 Å². The van der Waals surface area contributed by atoms with Crippen molar-refractivity contribution in [2.45, 2.75) is 25.9 Å². The van der Waals surface area contributed by atoms with Gasteiger partial charge in [-0.3, -0.25) is 0 Å². The van der Waals surface area contributed by atoms with Crippen LogP contribution in [-0.4, -0.2) is 29.2 Å². The van der Waals surface area contributed by atoms with Gasteiger partial charge in [0.2, 0.25) is 0 Å². The number of nitrogens with one attached hydrogen (secondary N) is 1. The first-order valence-electron chi connectivity index (χ1n) is 6.90. The van der Waals surface area contributed by atoms with Crippen molar-refractivity contribution in [3.05, 3.63) is 30.7 Å². The smallest absolute Gasteiger partial charge is 0.121 e. The first-order valence-corrected chi connectivity index (χ1v) is 6.90. The number of benzene rings is 1. The number of hydrogen-bond acceptors (Lipinski definition) is 4. The average Bonchev–Trinajstić information content (AvgIpc) is 2.48. The maximum Gasteiger partial charge on any atom is 0.121 e. The van der Waals surface area contributed by atoms with Crippen LogP contribution in [0.5, 0.6) is 5.75 Å². The Morgan fingerprint density at radius 3 is 3.00 bits per heavy atom. The quantitative estimate of drug-likeness (QED) is 0.917. The van der Waals surface area contributed by atoms with Gasteiger partial charge in [0.15, 0.2) is 0 Å². The molecule has 1 aliphatic rings. The third-order valence-corrected chi connectivity index (χ3v) is 3.85. The molecule has 1 aliphatic heterocycles. The van der Waals surface area contributed by atoms with Gasteiger partial charge < -0.3 is 10.1 Å². The molecule has 1 fully saturated rings. The van der Waals surface area contributed by atoms with Crippen molar-refractivity contribution in [1.29, 1.82) is 0 Å². The van der Waals surface area contributed by atoms with Gasteiger partial charge in [0, 0.05) is 17.6 Å².